The number of pyridine rings is 2. The first kappa shape index (κ1) is 18.6. The Hall–Kier alpha value is -3.21. The molecule has 3 rings (SSSR count). The molecule has 2 aromatic heterocycles. The van der Waals surface area contributed by atoms with E-state index in [0.29, 0.717) is 12.1 Å². The molecule has 0 radical (unpaired) electrons. The third-order valence-corrected chi connectivity index (χ3v) is 4.34. The van der Waals surface area contributed by atoms with E-state index in [1.807, 2.05) is 42.6 Å². The van der Waals surface area contributed by atoms with Crippen molar-refractivity contribution in [3.05, 3.63) is 90.0 Å². The van der Waals surface area contributed by atoms with Crippen LogP contribution in [0.4, 0.5) is 5.69 Å². The minimum Gasteiger partial charge on any atom is -0.364 e. The number of benzene rings is 1. The van der Waals surface area contributed by atoms with E-state index in [-0.39, 0.29) is 11.9 Å². The first-order chi connectivity index (χ1) is 13.1. The van der Waals surface area contributed by atoms with Crippen LogP contribution in [0.25, 0.3) is 0 Å². The zero-order chi connectivity index (χ0) is 19.1. The Morgan fingerprint density at radius 1 is 1.00 bits per heavy atom. The molecule has 0 fully saturated rings. The molecule has 2 heterocycles. The van der Waals surface area contributed by atoms with E-state index >= 15 is 0 Å². The van der Waals surface area contributed by atoms with Gasteiger partial charge in [0.05, 0.1) is 17.4 Å². The number of carbonyl (C=O) groups is 1. The molecule has 0 bridgehead atoms. The average molecular weight is 360 g/mol. The molecule has 0 aliphatic rings. The molecular formula is C22H24N4O. The van der Waals surface area contributed by atoms with Crippen molar-refractivity contribution < 1.29 is 4.79 Å². The zero-order valence-corrected chi connectivity index (χ0v) is 15.7. The van der Waals surface area contributed by atoms with Gasteiger partial charge in [-0.3, -0.25) is 14.8 Å². The van der Waals surface area contributed by atoms with E-state index in [4.69, 9.17) is 0 Å². The molecule has 27 heavy (non-hydrogen) atoms. The van der Waals surface area contributed by atoms with Crippen LogP contribution in [-0.2, 0) is 13.1 Å². The summed E-state index contributed by atoms with van der Waals surface area (Å²) < 4.78 is 0. The highest BCUT2D eigenvalue weighted by atomic mass is 16.1. The van der Waals surface area contributed by atoms with Gasteiger partial charge in [-0.15, -0.1) is 0 Å². The molecule has 0 spiro atoms. The van der Waals surface area contributed by atoms with Gasteiger partial charge in [0.2, 0.25) is 0 Å². The highest BCUT2D eigenvalue weighted by molar-refractivity contribution is 5.94. The lowest BCUT2D eigenvalue weighted by atomic mass is 10.1. The minimum atomic E-state index is -0.135. The summed E-state index contributed by atoms with van der Waals surface area (Å²) in [5.41, 5.74) is 3.72. The second kappa shape index (κ2) is 8.94. The van der Waals surface area contributed by atoms with Crippen molar-refractivity contribution in [2.75, 3.05) is 4.90 Å². The van der Waals surface area contributed by atoms with Crippen LogP contribution in [0, 0.1) is 0 Å². The second-order valence-corrected chi connectivity index (χ2v) is 6.68. The van der Waals surface area contributed by atoms with Crippen molar-refractivity contribution in [1.82, 2.24) is 15.3 Å². The molecule has 1 N–H and O–H groups in total. The smallest absolute Gasteiger partial charge is 0.253 e. The molecule has 0 unspecified atom stereocenters. The number of anilines is 1. The fourth-order valence-corrected chi connectivity index (χ4v) is 2.85. The minimum absolute atomic E-state index is 0.135. The molecule has 1 amide bonds. The van der Waals surface area contributed by atoms with E-state index in [0.717, 1.165) is 17.8 Å². The Morgan fingerprint density at radius 2 is 1.74 bits per heavy atom. The number of hydrogen-bond acceptors (Lipinski definition) is 4. The number of aromatic nitrogens is 2. The van der Waals surface area contributed by atoms with Crippen molar-refractivity contribution in [2.24, 2.45) is 0 Å². The van der Waals surface area contributed by atoms with Gasteiger partial charge in [0.25, 0.3) is 5.91 Å². The average Bonchev–Trinajstić information content (AvgIpc) is 2.71. The van der Waals surface area contributed by atoms with Gasteiger partial charge in [0.1, 0.15) is 0 Å². The first-order valence-electron chi connectivity index (χ1n) is 9.06. The second-order valence-electron chi connectivity index (χ2n) is 6.68. The van der Waals surface area contributed by atoms with Crippen molar-refractivity contribution in [1.29, 1.82) is 0 Å². The van der Waals surface area contributed by atoms with E-state index in [1.165, 1.54) is 5.56 Å². The van der Waals surface area contributed by atoms with Crippen molar-refractivity contribution in [3.8, 4) is 0 Å². The largest absolute Gasteiger partial charge is 0.364 e. The molecule has 5 heteroatoms. The Morgan fingerprint density at radius 3 is 2.44 bits per heavy atom. The topological polar surface area (TPSA) is 58.1 Å². The third-order valence-electron chi connectivity index (χ3n) is 4.34. The number of nitrogens with one attached hydrogen (secondary N) is 1. The third kappa shape index (κ3) is 5.14. The van der Waals surface area contributed by atoms with Crippen LogP contribution in [0.2, 0.25) is 0 Å². The van der Waals surface area contributed by atoms with Crippen molar-refractivity contribution in [2.45, 2.75) is 33.0 Å². The molecule has 3 aromatic rings. The Bertz CT molecular complexity index is 866. The molecular weight excluding hydrogens is 336 g/mol. The summed E-state index contributed by atoms with van der Waals surface area (Å²) in [6.45, 7) is 5.50. The number of hydrogen-bond donors (Lipinski definition) is 1. The molecule has 1 aromatic carbocycles. The number of rotatable bonds is 7. The van der Waals surface area contributed by atoms with Gasteiger partial charge < -0.3 is 10.2 Å². The van der Waals surface area contributed by atoms with E-state index in [9.17, 15) is 4.79 Å². The highest BCUT2D eigenvalue weighted by Crippen LogP contribution is 2.20. The predicted molar refractivity (Wildman–Crippen MR) is 107 cm³/mol. The standard InChI is InChI=1S/C22H24N4O/c1-17(2)26(16-19-6-4-3-5-7-19)21-12-20(14-24-15-21)22(27)25-13-18-8-10-23-11-9-18/h3-12,14-15,17H,13,16H2,1-2H3,(H,25,27). The Balaban J connectivity index is 1.73. The fourth-order valence-electron chi connectivity index (χ4n) is 2.85. The maximum Gasteiger partial charge on any atom is 0.253 e. The van der Waals surface area contributed by atoms with Crippen LogP contribution >= 0.6 is 0 Å². The lowest BCUT2D eigenvalue weighted by Crippen LogP contribution is -2.31. The molecule has 0 aliphatic carbocycles. The van der Waals surface area contributed by atoms with Crippen molar-refractivity contribution >= 4 is 11.6 Å². The van der Waals surface area contributed by atoms with Crippen LogP contribution in [0.1, 0.15) is 35.3 Å². The van der Waals surface area contributed by atoms with Gasteiger partial charge in [-0.1, -0.05) is 30.3 Å². The van der Waals surface area contributed by atoms with Gasteiger partial charge in [-0.05, 0) is 43.2 Å². The van der Waals surface area contributed by atoms with Crippen LogP contribution in [0.3, 0.4) is 0 Å². The number of carbonyl (C=O) groups excluding carboxylic acids is 1. The summed E-state index contributed by atoms with van der Waals surface area (Å²) in [6.07, 6.45) is 6.84. The van der Waals surface area contributed by atoms with E-state index in [2.05, 4.69) is 46.2 Å². The van der Waals surface area contributed by atoms with Crippen LogP contribution in [0.5, 0.6) is 0 Å². The van der Waals surface area contributed by atoms with Gasteiger partial charge in [-0.2, -0.15) is 0 Å². The number of amides is 1. The monoisotopic (exact) mass is 360 g/mol. The molecule has 0 aliphatic heterocycles. The zero-order valence-electron chi connectivity index (χ0n) is 15.7. The van der Waals surface area contributed by atoms with Crippen LogP contribution in [-0.4, -0.2) is 21.9 Å². The molecule has 138 valence electrons. The summed E-state index contributed by atoms with van der Waals surface area (Å²) in [5.74, 6) is -0.135. The van der Waals surface area contributed by atoms with Gasteiger partial charge in [0.15, 0.2) is 0 Å². The quantitative estimate of drug-likeness (QED) is 0.696. The highest BCUT2D eigenvalue weighted by Gasteiger charge is 2.14. The maximum atomic E-state index is 12.5. The molecule has 0 saturated heterocycles. The summed E-state index contributed by atoms with van der Waals surface area (Å²) in [5, 5.41) is 2.94. The SMILES string of the molecule is CC(C)N(Cc1ccccc1)c1cncc(C(=O)NCc2ccncc2)c1. The summed E-state index contributed by atoms with van der Waals surface area (Å²) >= 11 is 0. The fraction of sp³-hybridized carbons (Fsp3) is 0.227. The molecule has 0 atom stereocenters. The van der Waals surface area contributed by atoms with Gasteiger partial charge >= 0.3 is 0 Å². The summed E-state index contributed by atoms with van der Waals surface area (Å²) in [7, 11) is 0. The normalized spacial score (nSPS) is 10.6. The lowest BCUT2D eigenvalue weighted by molar-refractivity contribution is 0.0950. The summed E-state index contributed by atoms with van der Waals surface area (Å²) in [4.78, 5) is 23.1. The van der Waals surface area contributed by atoms with Gasteiger partial charge in [-0.25, -0.2) is 0 Å². The van der Waals surface area contributed by atoms with Crippen LogP contribution < -0.4 is 10.2 Å². The molecule has 5 nitrogen and oxygen atoms in total. The predicted octanol–water partition coefficient (Wildman–Crippen LogP) is 3.82. The molecule has 0 saturated carbocycles. The van der Waals surface area contributed by atoms with E-state index in [1.54, 1.807) is 18.6 Å². The van der Waals surface area contributed by atoms with Crippen molar-refractivity contribution in [3.63, 3.8) is 0 Å². The van der Waals surface area contributed by atoms with Gasteiger partial charge in [0, 0.05) is 37.7 Å². The lowest BCUT2D eigenvalue weighted by Gasteiger charge is -2.29. The first-order valence-corrected chi connectivity index (χ1v) is 9.06. The Kier molecular flexibility index (Phi) is 6.15. The Labute approximate surface area is 160 Å². The van der Waals surface area contributed by atoms with E-state index < -0.39 is 0 Å². The number of nitrogens with zero attached hydrogens (tertiary/aromatic N) is 3. The maximum absolute atomic E-state index is 12.5. The van der Waals surface area contributed by atoms with Crippen LogP contribution in [0.15, 0.2) is 73.3 Å². The summed E-state index contributed by atoms with van der Waals surface area (Å²) in [6, 6.07) is 16.2.